The molecule has 11 heteroatoms. The van der Waals surface area contributed by atoms with Gasteiger partial charge in [-0.25, -0.2) is 4.79 Å². The summed E-state index contributed by atoms with van der Waals surface area (Å²) in [6.45, 7) is 0. The van der Waals surface area contributed by atoms with Gasteiger partial charge in [-0.15, -0.1) is 10.2 Å². The fourth-order valence-electron chi connectivity index (χ4n) is 3.66. The van der Waals surface area contributed by atoms with Crippen LogP contribution in [-0.2, 0) is 21.4 Å². The van der Waals surface area contributed by atoms with Crippen LogP contribution in [0.2, 0.25) is 0 Å². The van der Waals surface area contributed by atoms with Crippen LogP contribution >= 0.6 is 11.8 Å². The lowest BCUT2D eigenvalue weighted by atomic mass is 9.86. The predicted octanol–water partition coefficient (Wildman–Crippen LogP) is 0.393. The Kier molecular flexibility index (Phi) is 5.31. The number of nitrogens with one attached hydrogen (secondary N) is 1. The molecule has 10 nitrogen and oxygen atoms in total. The number of thioether (sulfide) groups is 1. The number of aliphatic carboxylic acids is 1. The number of rotatable bonds is 6. The van der Waals surface area contributed by atoms with Crippen LogP contribution < -0.4 is 11.1 Å². The number of aryl methyl sites for hydroxylation is 1. The average Bonchev–Trinajstić information content (AvgIpc) is 3.15. The van der Waals surface area contributed by atoms with Crippen LogP contribution in [0.4, 0.5) is 0 Å². The molecule has 30 heavy (non-hydrogen) atoms. The Bertz CT molecular complexity index is 1040. The van der Waals surface area contributed by atoms with Gasteiger partial charge in [-0.1, -0.05) is 42.1 Å². The summed E-state index contributed by atoms with van der Waals surface area (Å²) in [6.07, 6.45) is 2.49. The van der Waals surface area contributed by atoms with Crippen molar-refractivity contribution < 1.29 is 19.5 Å². The number of nitrogens with zero attached hydrogens (tertiary/aromatic N) is 4. The number of amides is 2. The second-order valence-electron chi connectivity index (χ2n) is 7.09. The smallest absolute Gasteiger partial charge is 0.353 e. The van der Waals surface area contributed by atoms with E-state index in [0.717, 1.165) is 0 Å². The van der Waals surface area contributed by atoms with Crippen molar-refractivity contribution in [3.8, 4) is 0 Å². The van der Waals surface area contributed by atoms with Crippen LogP contribution in [0, 0.1) is 0 Å². The Balaban J connectivity index is 1.51. The fraction of sp³-hybridized carbons (Fsp3) is 0.316. The third-order valence-corrected chi connectivity index (χ3v) is 6.41. The SMILES string of the molecule is Cn1cnnc1SC1=C(C(=O)O)N2C(=O)[C@@H](NC(=O)[C@H](N)c3ccccc3)[C@H]2CC1. The molecule has 2 amide bonds. The molecule has 1 aromatic heterocycles. The summed E-state index contributed by atoms with van der Waals surface area (Å²) in [5.41, 5.74) is 6.58. The monoisotopic (exact) mass is 428 g/mol. The van der Waals surface area contributed by atoms with E-state index in [4.69, 9.17) is 5.73 Å². The number of benzene rings is 1. The predicted molar refractivity (Wildman–Crippen MR) is 107 cm³/mol. The van der Waals surface area contributed by atoms with Crippen LogP contribution in [0.1, 0.15) is 24.4 Å². The topological polar surface area (TPSA) is 143 Å². The lowest BCUT2D eigenvalue weighted by molar-refractivity contribution is -0.156. The standard InChI is InChI=1S/C19H20N6O4S/c1-24-9-21-23-19(24)30-12-8-7-11-14(17(27)25(11)15(12)18(28)29)22-16(26)13(20)10-5-3-2-4-6-10/h2-6,9,11,13-14H,7-8,20H2,1H3,(H,22,26)(H,28,29)/t11-,13-,14+/m1/s1. The van der Waals surface area contributed by atoms with E-state index in [1.54, 1.807) is 35.9 Å². The lowest BCUT2D eigenvalue weighted by Crippen LogP contribution is -2.72. The van der Waals surface area contributed by atoms with Crippen molar-refractivity contribution in [2.45, 2.75) is 36.1 Å². The van der Waals surface area contributed by atoms with Gasteiger partial charge in [0.05, 0.1) is 6.04 Å². The van der Waals surface area contributed by atoms with Crippen molar-refractivity contribution in [1.82, 2.24) is 25.0 Å². The van der Waals surface area contributed by atoms with Crippen LogP contribution in [0.25, 0.3) is 0 Å². The largest absolute Gasteiger partial charge is 0.477 e. The van der Waals surface area contributed by atoms with Gasteiger partial charge in [0.1, 0.15) is 24.1 Å². The van der Waals surface area contributed by atoms with Crippen molar-refractivity contribution in [3.63, 3.8) is 0 Å². The molecular weight excluding hydrogens is 408 g/mol. The Morgan fingerprint density at radius 3 is 2.70 bits per heavy atom. The summed E-state index contributed by atoms with van der Waals surface area (Å²) in [7, 11) is 1.76. The van der Waals surface area contributed by atoms with Crippen LogP contribution in [0.5, 0.6) is 0 Å². The van der Waals surface area contributed by atoms with E-state index in [9.17, 15) is 19.5 Å². The minimum Gasteiger partial charge on any atom is -0.477 e. The Labute approximate surface area is 176 Å². The van der Waals surface area contributed by atoms with Crippen molar-refractivity contribution >= 4 is 29.5 Å². The van der Waals surface area contributed by atoms with Crippen LogP contribution in [0.15, 0.2) is 52.4 Å². The molecule has 4 N–H and O–H groups in total. The Morgan fingerprint density at radius 2 is 2.07 bits per heavy atom. The molecule has 0 radical (unpaired) electrons. The number of carbonyl (C=O) groups excluding carboxylic acids is 2. The molecule has 0 saturated carbocycles. The summed E-state index contributed by atoms with van der Waals surface area (Å²) < 4.78 is 1.68. The molecule has 4 rings (SSSR count). The highest BCUT2D eigenvalue weighted by Crippen LogP contribution is 2.42. The van der Waals surface area contributed by atoms with Gasteiger partial charge in [0.2, 0.25) is 5.91 Å². The van der Waals surface area contributed by atoms with Gasteiger partial charge in [0.15, 0.2) is 5.16 Å². The normalized spacial score (nSPS) is 21.7. The molecule has 3 heterocycles. The van der Waals surface area contributed by atoms with Crippen molar-refractivity contribution in [1.29, 1.82) is 0 Å². The van der Waals surface area contributed by atoms with E-state index in [0.29, 0.717) is 28.5 Å². The summed E-state index contributed by atoms with van der Waals surface area (Å²) in [5, 5.41) is 20.7. The number of carbonyl (C=O) groups is 3. The van der Waals surface area contributed by atoms with Crippen molar-refractivity contribution in [2.24, 2.45) is 12.8 Å². The number of aromatic nitrogens is 3. The summed E-state index contributed by atoms with van der Waals surface area (Å²) in [6, 6.07) is 6.73. The summed E-state index contributed by atoms with van der Waals surface area (Å²) in [4.78, 5) is 39.0. The number of carboxylic acid groups (broad SMARTS) is 1. The zero-order chi connectivity index (χ0) is 21.4. The van der Waals surface area contributed by atoms with Crippen LogP contribution in [-0.4, -0.2) is 54.6 Å². The number of nitrogens with two attached hydrogens (primary N) is 1. The first kappa shape index (κ1) is 20.1. The summed E-state index contributed by atoms with van der Waals surface area (Å²) in [5.74, 6) is -2.12. The maximum atomic E-state index is 12.8. The van der Waals surface area contributed by atoms with Gasteiger partial charge in [-0.05, 0) is 18.4 Å². The van der Waals surface area contributed by atoms with E-state index in [1.165, 1.54) is 23.0 Å². The third-order valence-electron chi connectivity index (χ3n) is 5.22. The number of carboxylic acids is 1. The van der Waals surface area contributed by atoms with Gasteiger partial charge in [-0.3, -0.25) is 14.5 Å². The highest BCUT2D eigenvalue weighted by atomic mass is 32.2. The highest BCUT2D eigenvalue weighted by Gasteiger charge is 2.53. The molecule has 1 saturated heterocycles. The number of β-lactam (4-membered cyclic amide) rings is 1. The second-order valence-corrected chi connectivity index (χ2v) is 8.15. The number of hydrogen-bond donors (Lipinski definition) is 3. The number of hydrogen-bond acceptors (Lipinski definition) is 7. The lowest BCUT2D eigenvalue weighted by Gasteiger charge is -2.50. The van der Waals surface area contributed by atoms with E-state index in [-0.39, 0.29) is 5.70 Å². The minimum absolute atomic E-state index is 0.0675. The van der Waals surface area contributed by atoms with E-state index >= 15 is 0 Å². The average molecular weight is 428 g/mol. The second kappa shape index (κ2) is 7.92. The first-order valence-electron chi connectivity index (χ1n) is 9.30. The molecular formula is C19H20N6O4S. The molecule has 0 unspecified atom stereocenters. The number of fused-ring (bicyclic) bond motifs is 1. The third kappa shape index (κ3) is 3.46. The van der Waals surface area contributed by atoms with Crippen LogP contribution in [0.3, 0.4) is 0 Å². The maximum absolute atomic E-state index is 12.8. The number of allylic oxidation sites excluding steroid dienone is 1. The van der Waals surface area contributed by atoms with Gasteiger partial charge in [-0.2, -0.15) is 0 Å². The highest BCUT2D eigenvalue weighted by molar-refractivity contribution is 8.03. The molecule has 0 bridgehead atoms. The zero-order valence-electron chi connectivity index (χ0n) is 16.1. The Hall–Kier alpha value is -3.18. The van der Waals surface area contributed by atoms with Gasteiger partial charge >= 0.3 is 5.97 Å². The van der Waals surface area contributed by atoms with Crippen molar-refractivity contribution in [3.05, 3.63) is 52.8 Å². The molecule has 0 spiro atoms. The molecule has 0 aliphatic carbocycles. The fourth-order valence-corrected chi connectivity index (χ4v) is 4.66. The molecule has 2 aliphatic heterocycles. The van der Waals surface area contributed by atoms with Gasteiger partial charge in [0.25, 0.3) is 5.91 Å². The first-order chi connectivity index (χ1) is 14.4. The Morgan fingerprint density at radius 1 is 1.33 bits per heavy atom. The quantitative estimate of drug-likeness (QED) is 0.561. The van der Waals surface area contributed by atoms with E-state index in [1.807, 2.05) is 6.07 Å². The molecule has 1 aromatic carbocycles. The first-order valence-corrected chi connectivity index (χ1v) is 10.1. The molecule has 1 fully saturated rings. The van der Waals surface area contributed by atoms with Gasteiger partial charge < -0.3 is 20.7 Å². The van der Waals surface area contributed by atoms with Crippen molar-refractivity contribution in [2.75, 3.05) is 0 Å². The zero-order valence-corrected chi connectivity index (χ0v) is 16.9. The summed E-state index contributed by atoms with van der Waals surface area (Å²) >= 11 is 1.18. The minimum atomic E-state index is -1.19. The maximum Gasteiger partial charge on any atom is 0.353 e. The molecule has 156 valence electrons. The van der Waals surface area contributed by atoms with E-state index < -0.39 is 35.9 Å². The molecule has 3 atom stereocenters. The van der Waals surface area contributed by atoms with E-state index in [2.05, 4.69) is 15.5 Å². The molecule has 2 aliphatic rings. The molecule has 2 aromatic rings. The van der Waals surface area contributed by atoms with Gasteiger partial charge in [0, 0.05) is 12.0 Å².